The van der Waals surface area contributed by atoms with Crippen LogP contribution >= 0.6 is 0 Å². The highest BCUT2D eigenvalue weighted by Gasteiger charge is 2.10. The SMILES string of the molecule is CCNCCS(=O)(=O)Nc1cnn(CC)c1. The second-order valence-electron chi connectivity index (χ2n) is 3.36. The van der Waals surface area contributed by atoms with Gasteiger partial charge in [0.25, 0.3) is 0 Å². The predicted octanol–water partition coefficient (Wildman–Crippen LogP) is 0.254. The smallest absolute Gasteiger partial charge is 0.234 e. The van der Waals surface area contributed by atoms with E-state index >= 15 is 0 Å². The maximum atomic E-state index is 11.6. The minimum atomic E-state index is -3.27. The molecule has 0 aliphatic heterocycles. The first kappa shape index (κ1) is 13.0. The largest absolute Gasteiger partial charge is 0.316 e. The van der Waals surface area contributed by atoms with Crippen LogP contribution in [0.5, 0.6) is 0 Å². The zero-order valence-electron chi connectivity index (χ0n) is 9.60. The van der Waals surface area contributed by atoms with Crippen molar-refractivity contribution in [3.05, 3.63) is 12.4 Å². The van der Waals surface area contributed by atoms with Crippen molar-refractivity contribution in [3.63, 3.8) is 0 Å². The van der Waals surface area contributed by atoms with Crippen LogP contribution in [-0.4, -0.2) is 37.0 Å². The fraction of sp³-hybridized carbons (Fsp3) is 0.667. The lowest BCUT2D eigenvalue weighted by molar-refractivity contribution is 0.597. The number of nitrogens with one attached hydrogen (secondary N) is 2. The van der Waals surface area contributed by atoms with E-state index in [-0.39, 0.29) is 5.75 Å². The third-order valence-electron chi connectivity index (χ3n) is 2.03. The Morgan fingerprint density at radius 3 is 2.75 bits per heavy atom. The molecule has 7 heteroatoms. The molecule has 92 valence electrons. The monoisotopic (exact) mass is 246 g/mol. The van der Waals surface area contributed by atoms with E-state index in [4.69, 9.17) is 0 Å². The standard InChI is InChI=1S/C9H18N4O2S/c1-3-10-5-6-16(14,15)12-9-7-11-13(4-2)8-9/h7-8,10,12H,3-6H2,1-2H3. The van der Waals surface area contributed by atoms with Crippen molar-refractivity contribution in [1.82, 2.24) is 15.1 Å². The molecule has 0 radical (unpaired) electrons. The van der Waals surface area contributed by atoms with Gasteiger partial charge in [0.1, 0.15) is 0 Å². The Labute approximate surface area is 96.1 Å². The van der Waals surface area contributed by atoms with Gasteiger partial charge in [-0.3, -0.25) is 9.40 Å². The summed E-state index contributed by atoms with van der Waals surface area (Å²) in [7, 11) is -3.27. The van der Waals surface area contributed by atoms with Gasteiger partial charge in [-0.15, -0.1) is 0 Å². The molecule has 0 atom stereocenters. The minimum Gasteiger partial charge on any atom is -0.316 e. The number of anilines is 1. The molecule has 0 saturated heterocycles. The molecule has 16 heavy (non-hydrogen) atoms. The molecule has 0 aliphatic rings. The van der Waals surface area contributed by atoms with Crippen LogP contribution < -0.4 is 10.0 Å². The van der Waals surface area contributed by atoms with E-state index in [1.807, 2.05) is 13.8 Å². The van der Waals surface area contributed by atoms with E-state index in [1.54, 1.807) is 10.9 Å². The molecule has 1 aromatic rings. The third-order valence-corrected chi connectivity index (χ3v) is 3.32. The van der Waals surface area contributed by atoms with E-state index in [0.29, 0.717) is 12.2 Å². The Morgan fingerprint density at radius 2 is 2.19 bits per heavy atom. The van der Waals surface area contributed by atoms with Crippen LogP contribution in [0.1, 0.15) is 13.8 Å². The van der Waals surface area contributed by atoms with Crippen molar-refractivity contribution in [3.8, 4) is 0 Å². The molecule has 1 heterocycles. The molecular formula is C9H18N4O2S. The fourth-order valence-corrected chi connectivity index (χ4v) is 2.18. The van der Waals surface area contributed by atoms with Gasteiger partial charge in [-0.05, 0) is 13.5 Å². The summed E-state index contributed by atoms with van der Waals surface area (Å²) in [5.41, 5.74) is 0.512. The predicted molar refractivity (Wildman–Crippen MR) is 63.9 cm³/mol. The number of hydrogen-bond acceptors (Lipinski definition) is 4. The summed E-state index contributed by atoms with van der Waals surface area (Å²) in [5, 5.41) is 6.96. The van der Waals surface area contributed by atoms with Gasteiger partial charge in [0.2, 0.25) is 10.0 Å². The van der Waals surface area contributed by atoms with Crippen LogP contribution in [0.2, 0.25) is 0 Å². The summed E-state index contributed by atoms with van der Waals surface area (Å²) in [6, 6.07) is 0. The highest BCUT2D eigenvalue weighted by atomic mass is 32.2. The Hall–Kier alpha value is -1.08. The summed E-state index contributed by atoms with van der Waals surface area (Å²) < 4.78 is 27.3. The number of hydrogen-bond donors (Lipinski definition) is 2. The van der Waals surface area contributed by atoms with Gasteiger partial charge in [-0.25, -0.2) is 8.42 Å². The average molecular weight is 246 g/mol. The first-order valence-corrected chi connectivity index (χ1v) is 6.96. The first-order chi connectivity index (χ1) is 7.57. The van der Waals surface area contributed by atoms with Crippen LogP contribution in [0.15, 0.2) is 12.4 Å². The molecule has 0 aromatic carbocycles. The van der Waals surface area contributed by atoms with Gasteiger partial charge in [-0.1, -0.05) is 6.92 Å². The first-order valence-electron chi connectivity index (χ1n) is 5.31. The number of aryl methyl sites for hydroxylation is 1. The van der Waals surface area contributed by atoms with Gasteiger partial charge < -0.3 is 5.32 Å². The van der Waals surface area contributed by atoms with Crippen molar-refractivity contribution in [2.75, 3.05) is 23.6 Å². The molecule has 0 spiro atoms. The second-order valence-corrected chi connectivity index (χ2v) is 5.20. The zero-order valence-corrected chi connectivity index (χ0v) is 10.4. The Morgan fingerprint density at radius 1 is 1.44 bits per heavy atom. The molecule has 0 unspecified atom stereocenters. The van der Waals surface area contributed by atoms with Crippen LogP contribution in [0.4, 0.5) is 5.69 Å². The molecule has 6 nitrogen and oxygen atoms in total. The molecule has 0 bridgehead atoms. The second kappa shape index (κ2) is 5.86. The lowest BCUT2D eigenvalue weighted by atomic mass is 10.6. The Bertz CT molecular complexity index is 413. The quantitative estimate of drug-likeness (QED) is 0.676. The van der Waals surface area contributed by atoms with Gasteiger partial charge in [-0.2, -0.15) is 5.10 Å². The molecule has 0 amide bonds. The van der Waals surface area contributed by atoms with Crippen LogP contribution in [0.3, 0.4) is 0 Å². The van der Waals surface area contributed by atoms with E-state index in [2.05, 4.69) is 15.1 Å². The molecule has 0 fully saturated rings. The lowest BCUT2D eigenvalue weighted by Gasteiger charge is -2.05. The lowest BCUT2D eigenvalue weighted by Crippen LogP contribution is -2.26. The van der Waals surface area contributed by atoms with Crippen LogP contribution in [-0.2, 0) is 16.6 Å². The maximum absolute atomic E-state index is 11.6. The number of aromatic nitrogens is 2. The van der Waals surface area contributed by atoms with Crippen LogP contribution in [0.25, 0.3) is 0 Å². The van der Waals surface area contributed by atoms with Crippen molar-refractivity contribution >= 4 is 15.7 Å². The highest BCUT2D eigenvalue weighted by Crippen LogP contribution is 2.07. The summed E-state index contributed by atoms with van der Waals surface area (Å²) in [5.74, 6) is 0.0676. The molecule has 2 N–H and O–H groups in total. The van der Waals surface area contributed by atoms with Gasteiger partial charge in [0, 0.05) is 19.3 Å². The van der Waals surface area contributed by atoms with Crippen molar-refractivity contribution < 1.29 is 8.42 Å². The zero-order chi connectivity index (χ0) is 12.0. The molecule has 1 rings (SSSR count). The average Bonchev–Trinajstić information content (AvgIpc) is 2.65. The topological polar surface area (TPSA) is 76.0 Å². The summed E-state index contributed by atoms with van der Waals surface area (Å²) in [4.78, 5) is 0. The maximum Gasteiger partial charge on any atom is 0.234 e. The van der Waals surface area contributed by atoms with E-state index in [0.717, 1.165) is 13.1 Å². The summed E-state index contributed by atoms with van der Waals surface area (Å²) in [6.45, 7) is 5.82. The van der Waals surface area contributed by atoms with E-state index < -0.39 is 10.0 Å². The van der Waals surface area contributed by atoms with Crippen LogP contribution in [0, 0.1) is 0 Å². The molecule has 1 aromatic heterocycles. The van der Waals surface area contributed by atoms with Gasteiger partial charge in [0.15, 0.2) is 0 Å². The van der Waals surface area contributed by atoms with E-state index in [9.17, 15) is 8.42 Å². The van der Waals surface area contributed by atoms with Gasteiger partial charge in [0.05, 0.1) is 17.6 Å². The fourth-order valence-electron chi connectivity index (χ4n) is 1.20. The number of nitrogens with zero attached hydrogens (tertiary/aromatic N) is 2. The molecular weight excluding hydrogens is 228 g/mol. The number of rotatable bonds is 7. The Kier molecular flexibility index (Phi) is 4.75. The molecule has 0 aliphatic carbocycles. The summed E-state index contributed by atoms with van der Waals surface area (Å²) in [6.07, 6.45) is 3.18. The minimum absolute atomic E-state index is 0.0676. The van der Waals surface area contributed by atoms with Crippen molar-refractivity contribution in [2.45, 2.75) is 20.4 Å². The highest BCUT2D eigenvalue weighted by molar-refractivity contribution is 7.92. The van der Waals surface area contributed by atoms with E-state index in [1.165, 1.54) is 6.20 Å². The van der Waals surface area contributed by atoms with Crippen molar-refractivity contribution in [2.24, 2.45) is 0 Å². The molecule has 0 saturated carbocycles. The summed E-state index contributed by atoms with van der Waals surface area (Å²) >= 11 is 0. The normalized spacial score (nSPS) is 11.6. The van der Waals surface area contributed by atoms with Gasteiger partial charge >= 0.3 is 0 Å². The third kappa shape index (κ3) is 4.19. The van der Waals surface area contributed by atoms with Crippen molar-refractivity contribution in [1.29, 1.82) is 0 Å². The number of sulfonamides is 1. The Balaban J connectivity index is 2.51.